The molecule has 0 radical (unpaired) electrons. The van der Waals surface area contributed by atoms with Gasteiger partial charge in [0.1, 0.15) is 5.75 Å². The van der Waals surface area contributed by atoms with E-state index in [4.69, 9.17) is 4.74 Å². The minimum absolute atomic E-state index is 0.196. The summed E-state index contributed by atoms with van der Waals surface area (Å²) in [5.74, 6) is -0.232. The first-order valence-corrected chi connectivity index (χ1v) is 9.00. The number of hydrogen-bond donors (Lipinski definition) is 2. The molecule has 3 rings (SSSR count). The first-order chi connectivity index (χ1) is 13.3. The fourth-order valence-electron chi connectivity index (χ4n) is 3.05. The summed E-state index contributed by atoms with van der Waals surface area (Å²) in [5, 5.41) is 0.740. The Balaban J connectivity index is 1.64. The van der Waals surface area contributed by atoms with Crippen LogP contribution in [0, 0.1) is 27.7 Å². The van der Waals surface area contributed by atoms with Gasteiger partial charge in [0.2, 0.25) is 0 Å². The van der Waals surface area contributed by atoms with Crippen molar-refractivity contribution in [1.82, 2.24) is 15.8 Å². The van der Waals surface area contributed by atoms with Gasteiger partial charge in [-0.25, -0.2) is 0 Å². The van der Waals surface area contributed by atoms with Gasteiger partial charge in [0, 0.05) is 11.1 Å². The van der Waals surface area contributed by atoms with Gasteiger partial charge in [0.15, 0.2) is 6.61 Å². The lowest BCUT2D eigenvalue weighted by molar-refractivity contribution is -0.123. The summed E-state index contributed by atoms with van der Waals surface area (Å²) in [6.45, 7) is 7.50. The van der Waals surface area contributed by atoms with Crippen molar-refractivity contribution < 1.29 is 14.3 Å². The number of benzene rings is 2. The zero-order chi connectivity index (χ0) is 20.3. The fourth-order valence-corrected chi connectivity index (χ4v) is 3.05. The minimum atomic E-state index is -0.446. The van der Waals surface area contributed by atoms with E-state index in [1.165, 1.54) is 0 Å². The molecule has 2 amide bonds. The van der Waals surface area contributed by atoms with Gasteiger partial charge in [-0.05, 0) is 69.2 Å². The average Bonchev–Trinajstić information content (AvgIpc) is 2.63. The van der Waals surface area contributed by atoms with Crippen LogP contribution in [-0.2, 0) is 4.79 Å². The van der Waals surface area contributed by atoms with E-state index in [1.54, 1.807) is 6.07 Å². The van der Waals surface area contributed by atoms with Crippen LogP contribution in [-0.4, -0.2) is 23.4 Å². The van der Waals surface area contributed by atoms with E-state index < -0.39 is 11.8 Å². The molecule has 6 nitrogen and oxygen atoms in total. The molecule has 28 heavy (non-hydrogen) atoms. The quantitative estimate of drug-likeness (QED) is 0.684. The maximum atomic E-state index is 12.6. The highest BCUT2D eigenvalue weighted by molar-refractivity contribution is 6.06. The van der Waals surface area contributed by atoms with Crippen LogP contribution >= 0.6 is 0 Å². The number of nitrogens with one attached hydrogen (secondary N) is 2. The molecule has 3 aromatic rings. The van der Waals surface area contributed by atoms with E-state index in [0.29, 0.717) is 11.3 Å². The lowest BCUT2D eigenvalue weighted by Crippen LogP contribution is -2.43. The van der Waals surface area contributed by atoms with Crippen LogP contribution in [0.25, 0.3) is 10.9 Å². The highest BCUT2D eigenvalue weighted by Crippen LogP contribution is 2.20. The molecular weight excluding hydrogens is 354 g/mol. The third-order valence-corrected chi connectivity index (χ3v) is 4.22. The van der Waals surface area contributed by atoms with Gasteiger partial charge in [0.25, 0.3) is 11.8 Å². The summed E-state index contributed by atoms with van der Waals surface area (Å²) in [7, 11) is 0. The maximum absolute atomic E-state index is 12.6. The van der Waals surface area contributed by atoms with E-state index in [9.17, 15) is 9.59 Å². The Morgan fingerprint density at radius 2 is 1.61 bits per heavy atom. The largest absolute Gasteiger partial charge is 0.484 e. The Kier molecular flexibility index (Phi) is 5.59. The van der Waals surface area contributed by atoms with Gasteiger partial charge in [-0.15, -0.1) is 0 Å². The van der Waals surface area contributed by atoms with Gasteiger partial charge in [0.05, 0.1) is 11.1 Å². The number of pyridine rings is 1. The number of hydrazine groups is 1. The van der Waals surface area contributed by atoms with Gasteiger partial charge < -0.3 is 4.74 Å². The number of aryl methyl sites for hydroxylation is 4. The molecule has 6 heteroatoms. The molecular formula is C22H23N3O3. The molecule has 0 atom stereocenters. The van der Waals surface area contributed by atoms with Crippen molar-refractivity contribution in [1.29, 1.82) is 0 Å². The predicted molar refractivity (Wildman–Crippen MR) is 108 cm³/mol. The standard InChI is InChI=1S/C22H23N3O3/c1-13-5-6-20-18(10-13)19(11-16(4)23-20)22(27)25-24-21(26)12-28-17-8-14(2)7-15(3)9-17/h5-11H,12H2,1-4H3,(H,24,26)(H,25,27). The maximum Gasteiger partial charge on any atom is 0.276 e. The number of hydrogen-bond acceptors (Lipinski definition) is 4. The summed E-state index contributed by atoms with van der Waals surface area (Å²) in [5.41, 5.74) is 9.90. The second-order valence-electron chi connectivity index (χ2n) is 6.95. The molecule has 0 aliphatic rings. The second kappa shape index (κ2) is 8.08. The Bertz CT molecular complexity index is 1040. The van der Waals surface area contributed by atoms with Crippen LogP contribution in [0.4, 0.5) is 0 Å². The molecule has 0 saturated heterocycles. The number of fused-ring (bicyclic) bond motifs is 1. The summed E-state index contributed by atoms with van der Waals surface area (Å²) in [6.07, 6.45) is 0. The Hall–Kier alpha value is -3.41. The monoisotopic (exact) mass is 377 g/mol. The van der Waals surface area contributed by atoms with Crippen LogP contribution in [0.3, 0.4) is 0 Å². The molecule has 0 aliphatic heterocycles. The zero-order valence-corrected chi connectivity index (χ0v) is 16.4. The van der Waals surface area contributed by atoms with Crippen molar-refractivity contribution >= 4 is 22.7 Å². The molecule has 0 spiro atoms. The van der Waals surface area contributed by atoms with Crippen molar-refractivity contribution in [2.75, 3.05) is 6.61 Å². The Morgan fingerprint density at radius 3 is 2.32 bits per heavy atom. The molecule has 1 aromatic heterocycles. The SMILES string of the molecule is Cc1cc(C)cc(OCC(=O)NNC(=O)c2cc(C)nc3ccc(C)cc23)c1. The van der Waals surface area contributed by atoms with Crippen molar-refractivity contribution in [3.63, 3.8) is 0 Å². The van der Waals surface area contributed by atoms with Crippen LogP contribution in [0.1, 0.15) is 32.7 Å². The van der Waals surface area contributed by atoms with E-state index in [2.05, 4.69) is 15.8 Å². The highest BCUT2D eigenvalue weighted by Gasteiger charge is 2.13. The van der Waals surface area contributed by atoms with Crippen LogP contribution < -0.4 is 15.6 Å². The van der Waals surface area contributed by atoms with Gasteiger partial charge in [-0.2, -0.15) is 0 Å². The molecule has 0 fully saturated rings. The zero-order valence-electron chi connectivity index (χ0n) is 16.4. The third kappa shape index (κ3) is 4.65. The van der Waals surface area contributed by atoms with Crippen LogP contribution in [0.15, 0.2) is 42.5 Å². The number of amides is 2. The summed E-state index contributed by atoms with van der Waals surface area (Å²) >= 11 is 0. The van der Waals surface area contributed by atoms with Gasteiger partial charge in [-0.3, -0.25) is 25.4 Å². The summed E-state index contributed by atoms with van der Waals surface area (Å²) < 4.78 is 5.50. The molecule has 0 bridgehead atoms. The fraction of sp³-hybridized carbons (Fsp3) is 0.227. The normalized spacial score (nSPS) is 10.6. The number of carbonyl (C=O) groups is 2. The number of nitrogens with zero attached hydrogens (tertiary/aromatic N) is 1. The van der Waals surface area contributed by atoms with Crippen molar-refractivity contribution in [2.24, 2.45) is 0 Å². The van der Waals surface area contributed by atoms with Crippen molar-refractivity contribution in [3.8, 4) is 5.75 Å². The first-order valence-electron chi connectivity index (χ1n) is 9.00. The van der Waals surface area contributed by atoms with E-state index in [1.807, 2.05) is 64.1 Å². The smallest absolute Gasteiger partial charge is 0.276 e. The minimum Gasteiger partial charge on any atom is -0.484 e. The van der Waals surface area contributed by atoms with Crippen molar-refractivity contribution in [2.45, 2.75) is 27.7 Å². The number of rotatable bonds is 4. The lowest BCUT2D eigenvalue weighted by Gasteiger charge is -2.12. The molecule has 0 saturated carbocycles. The topological polar surface area (TPSA) is 80.3 Å². The van der Waals surface area contributed by atoms with Gasteiger partial charge in [-0.1, -0.05) is 17.7 Å². The van der Waals surface area contributed by atoms with Crippen LogP contribution in [0.2, 0.25) is 0 Å². The molecule has 1 heterocycles. The number of carbonyl (C=O) groups excluding carboxylic acids is 2. The van der Waals surface area contributed by atoms with E-state index >= 15 is 0 Å². The first kappa shape index (κ1) is 19.4. The third-order valence-electron chi connectivity index (χ3n) is 4.22. The second-order valence-corrected chi connectivity index (χ2v) is 6.95. The highest BCUT2D eigenvalue weighted by atomic mass is 16.5. The molecule has 0 aliphatic carbocycles. The molecule has 2 aromatic carbocycles. The Labute approximate surface area is 163 Å². The van der Waals surface area contributed by atoms with Crippen molar-refractivity contribution in [3.05, 3.63) is 70.4 Å². The molecule has 144 valence electrons. The summed E-state index contributed by atoms with van der Waals surface area (Å²) in [6, 6.07) is 13.2. The van der Waals surface area contributed by atoms with Gasteiger partial charge >= 0.3 is 0 Å². The Morgan fingerprint density at radius 1 is 0.893 bits per heavy atom. The van der Waals surface area contributed by atoms with Crippen LogP contribution in [0.5, 0.6) is 5.75 Å². The van der Waals surface area contributed by atoms with E-state index in [0.717, 1.165) is 33.3 Å². The summed E-state index contributed by atoms with van der Waals surface area (Å²) in [4.78, 5) is 29.1. The molecule has 2 N–H and O–H groups in total. The van der Waals surface area contributed by atoms with E-state index in [-0.39, 0.29) is 6.61 Å². The number of ether oxygens (including phenoxy) is 1. The average molecular weight is 377 g/mol. The predicted octanol–water partition coefficient (Wildman–Crippen LogP) is 3.31. The molecule has 0 unspecified atom stereocenters. The number of aromatic nitrogens is 1. The lowest BCUT2D eigenvalue weighted by atomic mass is 10.0.